The molecule has 39 heavy (non-hydrogen) atoms. The van der Waals surface area contributed by atoms with Gasteiger partial charge in [0.1, 0.15) is 17.0 Å². The molecule has 0 atom stereocenters. The van der Waals surface area contributed by atoms with Gasteiger partial charge in [0.15, 0.2) is 0 Å². The summed E-state index contributed by atoms with van der Waals surface area (Å²) in [6.45, 7) is 13.1. The van der Waals surface area contributed by atoms with Crippen molar-refractivity contribution in [1.82, 2.24) is 14.5 Å². The highest BCUT2D eigenvalue weighted by Crippen LogP contribution is 2.26. The Morgan fingerprint density at radius 3 is 2.38 bits per heavy atom. The number of rotatable bonds is 10. The topological polar surface area (TPSA) is 105 Å². The second kappa shape index (κ2) is 16.6. The zero-order valence-corrected chi connectivity index (χ0v) is 24.5. The van der Waals surface area contributed by atoms with E-state index in [4.69, 9.17) is 4.74 Å². The summed E-state index contributed by atoms with van der Waals surface area (Å²) in [5, 5.41) is 19.0. The van der Waals surface area contributed by atoms with E-state index in [-0.39, 0.29) is 42.3 Å². The van der Waals surface area contributed by atoms with Crippen LogP contribution in [0, 0.1) is 18.7 Å². The van der Waals surface area contributed by atoms with Crippen LogP contribution in [-0.4, -0.2) is 64.5 Å². The van der Waals surface area contributed by atoms with Crippen LogP contribution in [0.4, 0.5) is 4.39 Å². The molecule has 0 aliphatic rings. The van der Waals surface area contributed by atoms with Crippen LogP contribution in [0.3, 0.4) is 0 Å². The first-order valence-corrected chi connectivity index (χ1v) is 13.4. The van der Waals surface area contributed by atoms with Crippen molar-refractivity contribution < 1.29 is 24.1 Å². The lowest BCUT2D eigenvalue weighted by atomic mass is 10.0. The van der Waals surface area contributed by atoms with Gasteiger partial charge < -0.3 is 24.4 Å². The number of fused-ring (bicyclic) bond motifs is 1. The molecular weight excluding hydrogens is 501 g/mol. The van der Waals surface area contributed by atoms with Crippen molar-refractivity contribution in [2.75, 3.05) is 33.9 Å². The lowest BCUT2D eigenvalue weighted by Gasteiger charge is -2.16. The predicted molar refractivity (Wildman–Crippen MR) is 155 cm³/mol. The van der Waals surface area contributed by atoms with Crippen LogP contribution < -0.4 is 10.2 Å². The van der Waals surface area contributed by atoms with Crippen LogP contribution in [-0.2, 0) is 13.0 Å². The summed E-state index contributed by atoms with van der Waals surface area (Å²) in [7, 11) is 3.90. The minimum atomic E-state index is -1.37. The summed E-state index contributed by atoms with van der Waals surface area (Å²) < 4.78 is 22.1. The molecule has 0 bridgehead atoms. The first-order valence-electron chi connectivity index (χ1n) is 13.4. The molecule has 0 saturated carbocycles. The van der Waals surface area contributed by atoms with Gasteiger partial charge in [0, 0.05) is 31.3 Å². The number of aliphatic hydroxyl groups is 1. The van der Waals surface area contributed by atoms with Gasteiger partial charge in [0.05, 0.1) is 18.6 Å². The highest BCUT2D eigenvalue weighted by molar-refractivity contribution is 5.92. The van der Waals surface area contributed by atoms with E-state index in [0.29, 0.717) is 23.3 Å². The van der Waals surface area contributed by atoms with Crippen molar-refractivity contribution in [1.29, 1.82) is 0 Å². The molecular formula is C30H44FN3O5. The number of carbonyl (C=O) groups is 1. The first kappa shape index (κ1) is 33.7. The van der Waals surface area contributed by atoms with E-state index in [2.05, 4.69) is 25.8 Å². The third-order valence-corrected chi connectivity index (χ3v) is 5.30. The highest BCUT2D eigenvalue weighted by atomic mass is 19.1. The van der Waals surface area contributed by atoms with E-state index in [1.807, 2.05) is 32.8 Å². The Kier molecular flexibility index (Phi) is 14.4. The normalized spacial score (nSPS) is 10.7. The molecule has 0 saturated heterocycles. The zero-order chi connectivity index (χ0) is 29.7. The van der Waals surface area contributed by atoms with Gasteiger partial charge in [-0.1, -0.05) is 52.8 Å². The molecule has 2 heterocycles. The van der Waals surface area contributed by atoms with Gasteiger partial charge in [0.2, 0.25) is 11.3 Å². The molecule has 1 aromatic carbocycles. The van der Waals surface area contributed by atoms with Crippen LogP contribution in [0.5, 0.6) is 5.88 Å². The lowest BCUT2D eigenvalue weighted by molar-refractivity contribution is 0.0694. The number of ether oxygens (including phenoxy) is 1. The number of benzene rings is 1. The van der Waals surface area contributed by atoms with Gasteiger partial charge in [-0.2, -0.15) is 4.98 Å². The molecule has 2 N–H and O–H groups in total. The number of aromatic nitrogens is 2. The van der Waals surface area contributed by atoms with Gasteiger partial charge in [0.25, 0.3) is 0 Å². The molecule has 0 spiro atoms. The number of aryl methyl sites for hydroxylation is 1. The lowest BCUT2D eigenvalue weighted by Crippen LogP contribution is -2.21. The maximum atomic E-state index is 14.7. The fourth-order valence-electron chi connectivity index (χ4n) is 3.62. The van der Waals surface area contributed by atoms with Gasteiger partial charge in [-0.15, -0.1) is 0 Å². The standard InChI is InChI=1S/C24H28FN3O5.C4H10.C2H6/c1-15-6-4-7-16(20(15)25)12-17-13-18-21(30)19(24(31)32)14-28(9-10-29)22(18)26-23(17)33-11-5-8-27(2)3;1-4(2)3;1-2/h4,6-7,13-14,29H,5,8-12H2,1-3H3,(H,31,32);4H,1-3H3;1-2H3. The molecule has 216 valence electrons. The number of hydrogen-bond acceptors (Lipinski definition) is 6. The van der Waals surface area contributed by atoms with Crippen molar-refractivity contribution >= 4 is 17.0 Å². The number of hydrogen-bond donors (Lipinski definition) is 2. The van der Waals surface area contributed by atoms with Crippen LogP contribution >= 0.6 is 0 Å². The molecule has 3 rings (SSSR count). The summed E-state index contributed by atoms with van der Waals surface area (Å²) in [6, 6.07) is 6.59. The van der Waals surface area contributed by atoms with Gasteiger partial charge in [-0.25, -0.2) is 9.18 Å². The molecule has 0 aliphatic carbocycles. The number of aromatic carboxylic acids is 1. The smallest absolute Gasteiger partial charge is 0.341 e. The predicted octanol–water partition coefficient (Wildman–Crippen LogP) is 5.14. The minimum absolute atomic E-state index is 0.0516. The fraction of sp³-hybridized carbons (Fsp3) is 0.500. The van der Waals surface area contributed by atoms with Crippen molar-refractivity contribution in [3.8, 4) is 5.88 Å². The van der Waals surface area contributed by atoms with Crippen molar-refractivity contribution in [2.24, 2.45) is 5.92 Å². The number of halogens is 1. The van der Waals surface area contributed by atoms with Crippen LogP contribution in [0.15, 0.2) is 35.3 Å². The Bertz CT molecular complexity index is 1270. The number of carboxylic acids is 1. The van der Waals surface area contributed by atoms with Crippen molar-refractivity contribution in [3.63, 3.8) is 0 Å². The van der Waals surface area contributed by atoms with E-state index >= 15 is 0 Å². The van der Waals surface area contributed by atoms with Gasteiger partial charge in [-0.3, -0.25) is 4.79 Å². The summed E-state index contributed by atoms with van der Waals surface area (Å²) in [5.74, 6) is -0.645. The molecule has 0 fully saturated rings. The van der Waals surface area contributed by atoms with E-state index in [1.165, 1.54) is 16.8 Å². The molecule has 0 radical (unpaired) electrons. The molecule has 3 aromatic rings. The summed E-state index contributed by atoms with van der Waals surface area (Å²) in [6.07, 6.45) is 2.02. The molecule has 0 unspecified atom stereocenters. The molecule has 2 aromatic heterocycles. The fourth-order valence-corrected chi connectivity index (χ4v) is 3.62. The molecule has 8 nitrogen and oxygen atoms in total. The highest BCUT2D eigenvalue weighted by Gasteiger charge is 2.20. The van der Waals surface area contributed by atoms with E-state index in [9.17, 15) is 24.2 Å². The van der Waals surface area contributed by atoms with Crippen molar-refractivity contribution in [2.45, 2.75) is 60.9 Å². The van der Waals surface area contributed by atoms with E-state index in [0.717, 1.165) is 18.9 Å². The largest absolute Gasteiger partial charge is 0.477 e. The molecule has 9 heteroatoms. The summed E-state index contributed by atoms with van der Waals surface area (Å²) in [5.41, 5.74) is 0.476. The third-order valence-electron chi connectivity index (χ3n) is 5.30. The summed E-state index contributed by atoms with van der Waals surface area (Å²) >= 11 is 0. The Hall–Kier alpha value is -3.30. The number of aliphatic hydroxyl groups excluding tert-OH is 1. The summed E-state index contributed by atoms with van der Waals surface area (Å²) in [4.78, 5) is 31.0. The van der Waals surface area contributed by atoms with E-state index < -0.39 is 17.0 Å². The van der Waals surface area contributed by atoms with Crippen LogP contribution in [0.2, 0.25) is 0 Å². The monoisotopic (exact) mass is 545 g/mol. The SMILES string of the molecule is CC.CC(C)C.Cc1cccc(Cc2cc3c(=O)c(C(=O)O)cn(CCO)c3nc2OCCCN(C)C)c1F. The first-order chi connectivity index (χ1) is 18.5. The van der Waals surface area contributed by atoms with Gasteiger partial charge in [-0.05, 0) is 50.6 Å². The number of carboxylic acid groups (broad SMARTS) is 1. The van der Waals surface area contributed by atoms with Crippen LogP contribution in [0.25, 0.3) is 11.0 Å². The molecule has 0 aliphatic heterocycles. The zero-order valence-electron chi connectivity index (χ0n) is 24.5. The van der Waals surface area contributed by atoms with Gasteiger partial charge >= 0.3 is 5.97 Å². The second-order valence-corrected chi connectivity index (χ2v) is 9.88. The number of pyridine rings is 2. The quantitative estimate of drug-likeness (QED) is 0.340. The Balaban J connectivity index is 0.00000116. The van der Waals surface area contributed by atoms with E-state index in [1.54, 1.807) is 25.1 Å². The number of nitrogens with zero attached hydrogens (tertiary/aromatic N) is 3. The Morgan fingerprint density at radius 2 is 1.82 bits per heavy atom. The van der Waals surface area contributed by atoms with Crippen LogP contribution in [0.1, 0.15) is 68.1 Å². The maximum absolute atomic E-state index is 14.7. The Labute approximate surface area is 231 Å². The maximum Gasteiger partial charge on any atom is 0.341 e. The minimum Gasteiger partial charge on any atom is -0.477 e. The average Bonchev–Trinajstić information content (AvgIpc) is 2.87. The molecule has 0 amide bonds. The second-order valence-electron chi connectivity index (χ2n) is 9.88. The van der Waals surface area contributed by atoms with Crippen molar-refractivity contribution in [3.05, 3.63) is 68.8 Å². The Morgan fingerprint density at radius 1 is 1.18 bits per heavy atom. The third kappa shape index (κ3) is 10.1. The average molecular weight is 546 g/mol.